The van der Waals surface area contributed by atoms with Gasteiger partial charge in [0.15, 0.2) is 0 Å². The molecule has 36 heavy (non-hydrogen) atoms. The minimum Gasteiger partial charge on any atom is -0.497 e. The maximum Gasteiger partial charge on any atom is 0.248 e. The standard InChI is InChI=1S/C25H26BrN7O3/c1-13-9-18(25(35)31-20-6-4-5-19(26)30-20)33(14(13)2)21(34)11-32-17-8-7-15(36-3)10-16(17)22-23(27)28-12-29-24(22)32/h4-8,10,12-14,18H,9,11H2,1-3H3,(H2,27,28,29)(H,30,31,35)/t13-,14+,18-/m0/s1. The van der Waals surface area contributed by atoms with Crippen LogP contribution in [-0.4, -0.2) is 55.4 Å². The number of rotatable bonds is 5. The van der Waals surface area contributed by atoms with Gasteiger partial charge in [0.25, 0.3) is 0 Å². The molecule has 3 N–H and O–H groups in total. The summed E-state index contributed by atoms with van der Waals surface area (Å²) in [4.78, 5) is 41.6. The lowest BCUT2D eigenvalue weighted by Crippen LogP contribution is -2.47. The molecule has 3 atom stereocenters. The minimum absolute atomic E-state index is 0.00123. The Hall–Kier alpha value is -3.73. The molecule has 1 fully saturated rings. The molecule has 2 amide bonds. The third kappa shape index (κ3) is 4.13. The van der Waals surface area contributed by atoms with E-state index in [2.05, 4.69) is 43.1 Å². The summed E-state index contributed by atoms with van der Waals surface area (Å²) in [5.74, 6) is 1.13. The molecule has 4 heterocycles. The zero-order valence-electron chi connectivity index (χ0n) is 20.1. The number of pyridine rings is 1. The Kier molecular flexibility index (Phi) is 6.25. The van der Waals surface area contributed by atoms with E-state index in [0.717, 1.165) is 10.9 Å². The Bertz CT molecular complexity index is 1490. The summed E-state index contributed by atoms with van der Waals surface area (Å²) >= 11 is 3.32. The molecule has 0 spiro atoms. The second kappa shape index (κ2) is 9.38. The first kappa shape index (κ1) is 24.0. The third-order valence-electron chi connectivity index (χ3n) is 6.92. The van der Waals surface area contributed by atoms with Crippen LogP contribution in [0.3, 0.4) is 0 Å². The number of amides is 2. The highest BCUT2D eigenvalue weighted by molar-refractivity contribution is 9.10. The molecular weight excluding hydrogens is 526 g/mol. The van der Waals surface area contributed by atoms with Crippen molar-refractivity contribution in [2.24, 2.45) is 5.92 Å². The number of nitrogens with one attached hydrogen (secondary N) is 1. The van der Waals surface area contributed by atoms with Crippen molar-refractivity contribution in [3.63, 3.8) is 0 Å². The number of hydrogen-bond donors (Lipinski definition) is 2. The zero-order chi connectivity index (χ0) is 25.6. The van der Waals surface area contributed by atoms with Gasteiger partial charge in [-0.2, -0.15) is 0 Å². The molecule has 1 aliphatic rings. The van der Waals surface area contributed by atoms with Crippen molar-refractivity contribution in [3.05, 3.63) is 47.3 Å². The molecule has 3 aromatic heterocycles. The molecule has 0 saturated carbocycles. The largest absolute Gasteiger partial charge is 0.497 e. The quantitative estimate of drug-likeness (QED) is 0.362. The van der Waals surface area contributed by atoms with Crippen molar-refractivity contribution < 1.29 is 14.3 Å². The summed E-state index contributed by atoms with van der Waals surface area (Å²) in [6, 6.07) is 10.1. The van der Waals surface area contributed by atoms with Gasteiger partial charge in [0.05, 0.1) is 18.0 Å². The number of carbonyl (C=O) groups is 2. The lowest BCUT2D eigenvalue weighted by Gasteiger charge is -2.29. The first-order valence-corrected chi connectivity index (χ1v) is 12.4. The van der Waals surface area contributed by atoms with E-state index < -0.39 is 6.04 Å². The van der Waals surface area contributed by atoms with Gasteiger partial charge in [0.2, 0.25) is 11.8 Å². The summed E-state index contributed by atoms with van der Waals surface area (Å²) in [6.45, 7) is 4.03. The van der Waals surface area contributed by atoms with Crippen molar-refractivity contribution in [1.82, 2.24) is 24.4 Å². The molecule has 11 heteroatoms. The summed E-state index contributed by atoms with van der Waals surface area (Å²) < 4.78 is 7.83. The topological polar surface area (TPSA) is 128 Å². The van der Waals surface area contributed by atoms with Crippen LogP contribution in [0, 0.1) is 5.92 Å². The number of hydrogen-bond acceptors (Lipinski definition) is 7. The van der Waals surface area contributed by atoms with Crippen molar-refractivity contribution >= 4 is 61.3 Å². The highest BCUT2D eigenvalue weighted by atomic mass is 79.9. The van der Waals surface area contributed by atoms with Gasteiger partial charge in [-0.05, 0) is 65.5 Å². The molecule has 0 unspecified atom stereocenters. The van der Waals surface area contributed by atoms with E-state index in [1.807, 2.05) is 29.7 Å². The number of halogens is 1. The van der Waals surface area contributed by atoms with Gasteiger partial charge in [-0.15, -0.1) is 0 Å². The van der Waals surface area contributed by atoms with Gasteiger partial charge in [-0.25, -0.2) is 15.0 Å². The fourth-order valence-electron chi connectivity index (χ4n) is 4.96. The van der Waals surface area contributed by atoms with E-state index in [9.17, 15) is 9.59 Å². The number of benzene rings is 1. The van der Waals surface area contributed by atoms with Crippen LogP contribution < -0.4 is 15.8 Å². The van der Waals surface area contributed by atoms with Crippen LogP contribution in [-0.2, 0) is 16.1 Å². The van der Waals surface area contributed by atoms with Crippen molar-refractivity contribution in [1.29, 1.82) is 0 Å². The van der Waals surface area contributed by atoms with E-state index in [0.29, 0.717) is 39.4 Å². The number of nitrogen functional groups attached to an aromatic ring is 1. The average molecular weight is 552 g/mol. The molecule has 0 radical (unpaired) electrons. The van der Waals surface area contributed by atoms with E-state index in [1.54, 1.807) is 30.2 Å². The molecule has 4 aromatic rings. The Labute approximate surface area is 216 Å². The predicted octanol–water partition coefficient (Wildman–Crippen LogP) is 3.60. The molecular formula is C25H26BrN7O3. The number of carbonyl (C=O) groups excluding carboxylic acids is 2. The number of nitrogens with zero attached hydrogens (tertiary/aromatic N) is 5. The zero-order valence-corrected chi connectivity index (χ0v) is 21.7. The summed E-state index contributed by atoms with van der Waals surface area (Å²) in [7, 11) is 1.59. The fourth-order valence-corrected chi connectivity index (χ4v) is 5.31. The van der Waals surface area contributed by atoms with Gasteiger partial charge < -0.3 is 25.3 Å². The number of aromatic nitrogens is 4. The molecule has 0 aliphatic carbocycles. The van der Waals surface area contributed by atoms with Crippen LogP contribution in [0.4, 0.5) is 11.6 Å². The monoisotopic (exact) mass is 551 g/mol. The number of likely N-dealkylation sites (tertiary alicyclic amines) is 1. The van der Waals surface area contributed by atoms with Gasteiger partial charge in [-0.1, -0.05) is 13.0 Å². The van der Waals surface area contributed by atoms with Gasteiger partial charge >= 0.3 is 0 Å². The van der Waals surface area contributed by atoms with Crippen LogP contribution in [0.15, 0.2) is 47.3 Å². The molecule has 10 nitrogen and oxygen atoms in total. The number of methoxy groups -OCH3 is 1. The molecule has 1 aromatic carbocycles. The van der Waals surface area contributed by atoms with Crippen molar-refractivity contribution in [3.8, 4) is 5.75 Å². The van der Waals surface area contributed by atoms with Crippen LogP contribution in [0.25, 0.3) is 21.9 Å². The van der Waals surface area contributed by atoms with Crippen LogP contribution in [0.5, 0.6) is 5.75 Å². The number of ether oxygens (including phenoxy) is 1. The van der Waals surface area contributed by atoms with Gasteiger partial charge in [0, 0.05) is 11.4 Å². The Balaban J connectivity index is 1.49. The van der Waals surface area contributed by atoms with E-state index in [1.165, 1.54) is 6.33 Å². The lowest BCUT2D eigenvalue weighted by molar-refractivity contribution is -0.139. The van der Waals surface area contributed by atoms with Crippen LogP contribution >= 0.6 is 15.9 Å². The summed E-state index contributed by atoms with van der Waals surface area (Å²) in [5, 5.41) is 4.32. The molecule has 0 bridgehead atoms. The Morgan fingerprint density at radius 2 is 2.03 bits per heavy atom. The molecule has 1 saturated heterocycles. The highest BCUT2D eigenvalue weighted by Gasteiger charge is 2.43. The predicted molar refractivity (Wildman–Crippen MR) is 140 cm³/mol. The molecule has 5 rings (SSSR count). The number of fused-ring (bicyclic) bond motifs is 3. The van der Waals surface area contributed by atoms with E-state index in [-0.39, 0.29) is 30.3 Å². The Morgan fingerprint density at radius 3 is 2.78 bits per heavy atom. The third-order valence-corrected chi connectivity index (χ3v) is 7.36. The van der Waals surface area contributed by atoms with E-state index in [4.69, 9.17) is 10.5 Å². The first-order valence-electron chi connectivity index (χ1n) is 11.6. The maximum atomic E-state index is 13.8. The second-order valence-corrected chi connectivity index (χ2v) is 9.84. The van der Waals surface area contributed by atoms with Gasteiger partial charge in [-0.3, -0.25) is 9.59 Å². The second-order valence-electron chi connectivity index (χ2n) is 9.03. The molecule has 1 aliphatic heterocycles. The fraction of sp³-hybridized carbons (Fsp3) is 0.320. The van der Waals surface area contributed by atoms with Gasteiger partial charge in [0.1, 0.15) is 46.5 Å². The normalized spacial score (nSPS) is 19.7. The average Bonchev–Trinajstić information content (AvgIpc) is 3.33. The van der Waals surface area contributed by atoms with E-state index >= 15 is 0 Å². The Morgan fingerprint density at radius 1 is 1.22 bits per heavy atom. The minimum atomic E-state index is -0.615. The van der Waals surface area contributed by atoms with Crippen LogP contribution in [0.1, 0.15) is 20.3 Å². The summed E-state index contributed by atoms with van der Waals surface area (Å²) in [5.41, 5.74) is 7.54. The number of anilines is 2. The lowest BCUT2D eigenvalue weighted by atomic mass is 10.0. The highest BCUT2D eigenvalue weighted by Crippen LogP contribution is 2.35. The van der Waals surface area contributed by atoms with Crippen molar-refractivity contribution in [2.45, 2.75) is 38.9 Å². The maximum absolute atomic E-state index is 13.8. The smallest absolute Gasteiger partial charge is 0.248 e. The summed E-state index contributed by atoms with van der Waals surface area (Å²) in [6.07, 6.45) is 1.95. The first-order chi connectivity index (χ1) is 17.3. The van der Waals surface area contributed by atoms with Crippen LogP contribution in [0.2, 0.25) is 0 Å². The number of nitrogens with two attached hydrogens (primary N) is 1. The van der Waals surface area contributed by atoms with Crippen molar-refractivity contribution in [2.75, 3.05) is 18.2 Å². The SMILES string of the molecule is COc1ccc2c(c1)c1c(N)ncnc1n2CC(=O)N1[C@H](C)[C@@H](C)C[C@H]1C(=O)Nc1cccc(Br)n1. The molecule has 186 valence electrons.